The molecule has 1 aromatic heterocycles. The number of para-hydroxylation sites is 1. The molecule has 2 heterocycles. The zero-order chi connectivity index (χ0) is 10.3. The molecular formula is C12H11N3+. The Hall–Kier alpha value is -1.87. The lowest BCUT2D eigenvalue weighted by atomic mass is 10.2. The van der Waals surface area contributed by atoms with Gasteiger partial charge in [0.1, 0.15) is 0 Å². The molecular weight excluding hydrogens is 186 g/mol. The molecule has 0 saturated heterocycles. The Balaban J connectivity index is 2.28. The molecule has 73 valence electrons. The van der Waals surface area contributed by atoms with Crippen LogP contribution >= 0.6 is 0 Å². The summed E-state index contributed by atoms with van der Waals surface area (Å²) in [5.74, 6) is 0. The summed E-state index contributed by atoms with van der Waals surface area (Å²) in [5.41, 5.74) is 3.43. The molecule has 1 aromatic carbocycles. The third-order valence-corrected chi connectivity index (χ3v) is 2.59. The molecule has 0 fully saturated rings. The molecule has 0 unspecified atom stereocenters. The van der Waals surface area contributed by atoms with E-state index in [0.717, 1.165) is 16.9 Å². The van der Waals surface area contributed by atoms with Crippen LogP contribution in [0.2, 0.25) is 0 Å². The van der Waals surface area contributed by atoms with Crippen molar-refractivity contribution in [2.45, 2.75) is 6.92 Å². The minimum Gasteiger partial charge on any atom is -0.353 e. The van der Waals surface area contributed by atoms with Crippen molar-refractivity contribution in [3.05, 3.63) is 42.2 Å². The van der Waals surface area contributed by atoms with Gasteiger partial charge >= 0.3 is 0 Å². The Morgan fingerprint density at radius 1 is 1.27 bits per heavy atom. The number of benzene rings is 1. The number of fused-ring (bicyclic) bond motifs is 1. The maximum atomic E-state index is 4.27. The molecule has 0 aliphatic carbocycles. The molecule has 2 aromatic rings. The number of nitrogens with zero attached hydrogens (tertiary/aromatic N) is 2. The van der Waals surface area contributed by atoms with Crippen LogP contribution in [0.4, 0.5) is 5.69 Å². The van der Waals surface area contributed by atoms with Gasteiger partial charge in [0.05, 0.1) is 22.8 Å². The van der Waals surface area contributed by atoms with E-state index in [1.807, 2.05) is 29.4 Å². The summed E-state index contributed by atoms with van der Waals surface area (Å²) in [6.07, 6.45) is 5.69. The summed E-state index contributed by atoms with van der Waals surface area (Å²) in [4.78, 5) is 3.35. The normalized spacial score (nSPS) is 15.5. The first-order chi connectivity index (χ1) is 7.36. The number of hydrazone groups is 1. The molecule has 0 amide bonds. The zero-order valence-electron chi connectivity index (χ0n) is 8.44. The number of H-pyrrole nitrogens is 1. The summed E-state index contributed by atoms with van der Waals surface area (Å²) in [5, 5.41) is 7.37. The molecule has 0 saturated carbocycles. The minimum atomic E-state index is 1.13. The highest BCUT2D eigenvalue weighted by molar-refractivity contribution is 5.93. The SMILES string of the molecule is Cc1[nH]c2ccccc2c1[N+]1C=CC=N1. The van der Waals surface area contributed by atoms with Gasteiger partial charge in [-0.1, -0.05) is 12.1 Å². The van der Waals surface area contributed by atoms with Crippen LogP contribution in [0.15, 0.2) is 41.6 Å². The average Bonchev–Trinajstić information content (AvgIpc) is 2.82. The number of anilines is 1. The minimum absolute atomic E-state index is 1.13. The third kappa shape index (κ3) is 1.21. The maximum Gasteiger partial charge on any atom is 0.246 e. The maximum absolute atomic E-state index is 4.27. The second kappa shape index (κ2) is 3.07. The van der Waals surface area contributed by atoms with E-state index in [0.29, 0.717) is 0 Å². The van der Waals surface area contributed by atoms with Gasteiger partial charge in [-0.3, -0.25) is 0 Å². The van der Waals surface area contributed by atoms with Gasteiger partial charge in [-0.2, -0.15) is 0 Å². The van der Waals surface area contributed by atoms with Crippen LogP contribution in [0.1, 0.15) is 5.69 Å². The van der Waals surface area contributed by atoms with Crippen LogP contribution < -0.4 is 5.01 Å². The van der Waals surface area contributed by atoms with Crippen molar-refractivity contribution in [1.82, 2.24) is 9.99 Å². The lowest BCUT2D eigenvalue weighted by Gasteiger charge is -1.94. The third-order valence-electron chi connectivity index (χ3n) is 2.59. The van der Waals surface area contributed by atoms with E-state index in [9.17, 15) is 0 Å². The monoisotopic (exact) mass is 197 g/mol. The van der Waals surface area contributed by atoms with Crippen LogP contribution in [-0.4, -0.2) is 11.2 Å². The molecule has 3 nitrogen and oxygen atoms in total. The number of allylic oxidation sites excluding steroid dienone is 1. The van der Waals surface area contributed by atoms with Crippen molar-refractivity contribution in [2.24, 2.45) is 5.10 Å². The topological polar surface area (TPSA) is 34.0 Å². The molecule has 3 rings (SSSR count). The number of aryl methyl sites for hydroxylation is 1. The first-order valence-corrected chi connectivity index (χ1v) is 4.93. The number of aromatic amines is 1. The number of aromatic nitrogens is 1. The van der Waals surface area contributed by atoms with E-state index in [2.05, 4.69) is 29.1 Å². The molecule has 1 radical (unpaired) electrons. The van der Waals surface area contributed by atoms with Gasteiger partial charge in [-0.25, -0.2) is 0 Å². The Labute approximate surface area is 87.7 Å². The Bertz CT molecular complexity index is 551. The van der Waals surface area contributed by atoms with Crippen molar-refractivity contribution in [1.29, 1.82) is 0 Å². The molecule has 0 atom stereocenters. The molecule has 15 heavy (non-hydrogen) atoms. The second-order valence-corrected chi connectivity index (χ2v) is 3.59. The van der Waals surface area contributed by atoms with Gasteiger partial charge in [0.15, 0.2) is 6.20 Å². The predicted octanol–water partition coefficient (Wildman–Crippen LogP) is 2.76. The predicted molar refractivity (Wildman–Crippen MR) is 62.5 cm³/mol. The largest absolute Gasteiger partial charge is 0.353 e. The molecule has 1 aliphatic heterocycles. The summed E-state index contributed by atoms with van der Waals surface area (Å²) in [6, 6.07) is 8.26. The van der Waals surface area contributed by atoms with Crippen molar-refractivity contribution in [3.8, 4) is 0 Å². The number of nitrogens with one attached hydrogen (secondary N) is 1. The Morgan fingerprint density at radius 3 is 2.93 bits per heavy atom. The molecule has 0 spiro atoms. The van der Waals surface area contributed by atoms with Crippen LogP contribution in [0.5, 0.6) is 0 Å². The molecule has 1 N–H and O–H groups in total. The van der Waals surface area contributed by atoms with Gasteiger partial charge < -0.3 is 4.98 Å². The van der Waals surface area contributed by atoms with Crippen LogP contribution in [0.25, 0.3) is 10.9 Å². The van der Waals surface area contributed by atoms with E-state index in [4.69, 9.17) is 0 Å². The summed E-state index contributed by atoms with van der Waals surface area (Å²) < 4.78 is 0. The molecule has 1 aliphatic rings. The van der Waals surface area contributed by atoms with Gasteiger partial charge in [-0.15, -0.1) is 0 Å². The van der Waals surface area contributed by atoms with E-state index in [1.165, 1.54) is 5.39 Å². The van der Waals surface area contributed by atoms with Gasteiger partial charge in [-0.05, 0) is 24.2 Å². The van der Waals surface area contributed by atoms with E-state index in [1.54, 1.807) is 6.21 Å². The lowest BCUT2D eigenvalue weighted by molar-refractivity contribution is 0.754. The van der Waals surface area contributed by atoms with E-state index < -0.39 is 0 Å². The molecule has 3 heteroatoms. The first-order valence-electron chi connectivity index (χ1n) is 4.93. The van der Waals surface area contributed by atoms with Crippen LogP contribution in [-0.2, 0) is 0 Å². The van der Waals surface area contributed by atoms with Crippen LogP contribution in [0.3, 0.4) is 0 Å². The second-order valence-electron chi connectivity index (χ2n) is 3.59. The number of hydrogen-bond acceptors (Lipinski definition) is 2. The van der Waals surface area contributed by atoms with Gasteiger partial charge in [0, 0.05) is 11.1 Å². The van der Waals surface area contributed by atoms with Crippen molar-refractivity contribution < 1.29 is 0 Å². The Kier molecular flexibility index (Phi) is 1.73. The van der Waals surface area contributed by atoms with E-state index in [-0.39, 0.29) is 0 Å². The number of rotatable bonds is 1. The zero-order valence-corrected chi connectivity index (χ0v) is 8.44. The standard InChI is InChI=1S/C12H11N3/c1-9-12(15-8-4-7-13-15)10-5-2-3-6-11(10)14-9/h2-8,14H,1H3/q+1. The van der Waals surface area contributed by atoms with Crippen molar-refractivity contribution in [3.63, 3.8) is 0 Å². The highest BCUT2D eigenvalue weighted by Gasteiger charge is 2.25. The fraction of sp³-hybridized carbons (Fsp3) is 0.0833. The smallest absolute Gasteiger partial charge is 0.246 e. The van der Waals surface area contributed by atoms with Crippen molar-refractivity contribution in [2.75, 3.05) is 0 Å². The average molecular weight is 197 g/mol. The Morgan fingerprint density at radius 2 is 2.13 bits per heavy atom. The number of hydrogen-bond donors (Lipinski definition) is 1. The lowest BCUT2D eigenvalue weighted by Crippen LogP contribution is -2.05. The van der Waals surface area contributed by atoms with E-state index >= 15 is 0 Å². The fourth-order valence-electron chi connectivity index (χ4n) is 1.96. The van der Waals surface area contributed by atoms with Gasteiger partial charge in [0.25, 0.3) is 0 Å². The highest BCUT2D eigenvalue weighted by Crippen LogP contribution is 2.31. The molecule has 0 bridgehead atoms. The highest BCUT2D eigenvalue weighted by atomic mass is 15.5. The quantitative estimate of drug-likeness (QED) is 0.682. The summed E-state index contributed by atoms with van der Waals surface area (Å²) in [7, 11) is 0. The fourth-order valence-corrected chi connectivity index (χ4v) is 1.96. The summed E-state index contributed by atoms with van der Waals surface area (Å²) in [6.45, 7) is 2.07. The first kappa shape index (κ1) is 8.44. The van der Waals surface area contributed by atoms with Crippen molar-refractivity contribution >= 4 is 22.8 Å². The summed E-state index contributed by atoms with van der Waals surface area (Å²) >= 11 is 0. The van der Waals surface area contributed by atoms with Gasteiger partial charge in [0.2, 0.25) is 5.69 Å². The van der Waals surface area contributed by atoms with Crippen LogP contribution in [0, 0.1) is 6.92 Å².